The lowest BCUT2D eigenvalue weighted by molar-refractivity contribution is 0.241. The van der Waals surface area contributed by atoms with Crippen molar-refractivity contribution < 1.29 is 4.79 Å². The van der Waals surface area contributed by atoms with Crippen LogP contribution in [0.5, 0.6) is 0 Å². The Bertz CT molecular complexity index is 351. The summed E-state index contributed by atoms with van der Waals surface area (Å²) >= 11 is 3.40. The van der Waals surface area contributed by atoms with Gasteiger partial charge in [-0.25, -0.2) is 4.79 Å². The Morgan fingerprint density at radius 2 is 1.78 bits per heavy atom. The lowest BCUT2D eigenvalue weighted by atomic mass is 10.1. The highest BCUT2D eigenvalue weighted by atomic mass is 79.9. The summed E-state index contributed by atoms with van der Waals surface area (Å²) in [5.74, 6) is 0. The molecular formula is C14H21BrN2O. The van der Waals surface area contributed by atoms with Crippen LogP contribution in [0.4, 0.5) is 4.79 Å². The van der Waals surface area contributed by atoms with Gasteiger partial charge in [0.1, 0.15) is 0 Å². The molecule has 3 nitrogen and oxygen atoms in total. The highest BCUT2D eigenvalue weighted by Gasteiger charge is 1.99. The quantitative estimate of drug-likeness (QED) is 0.744. The fourth-order valence-corrected chi connectivity index (χ4v) is 1.88. The maximum atomic E-state index is 11.4. The van der Waals surface area contributed by atoms with E-state index in [-0.39, 0.29) is 6.03 Å². The van der Waals surface area contributed by atoms with Crippen LogP contribution < -0.4 is 10.6 Å². The van der Waals surface area contributed by atoms with Crippen molar-refractivity contribution in [2.24, 2.45) is 0 Å². The molecule has 4 heteroatoms. The summed E-state index contributed by atoms with van der Waals surface area (Å²) in [4.78, 5) is 11.4. The van der Waals surface area contributed by atoms with Crippen LogP contribution in [0, 0.1) is 0 Å². The second-order valence-electron chi connectivity index (χ2n) is 4.27. The molecule has 0 aliphatic rings. The maximum Gasteiger partial charge on any atom is 0.314 e. The van der Waals surface area contributed by atoms with Crippen LogP contribution in [0.3, 0.4) is 0 Å². The van der Waals surface area contributed by atoms with Crippen LogP contribution in [0.25, 0.3) is 0 Å². The number of hydrogen-bond acceptors (Lipinski definition) is 1. The third-order valence-electron chi connectivity index (χ3n) is 2.68. The van der Waals surface area contributed by atoms with Crippen molar-refractivity contribution in [3.8, 4) is 0 Å². The Balaban J connectivity index is 2.10. The number of benzene rings is 1. The van der Waals surface area contributed by atoms with E-state index in [9.17, 15) is 4.79 Å². The van der Waals surface area contributed by atoms with Gasteiger partial charge in [0.15, 0.2) is 0 Å². The molecule has 1 aromatic rings. The normalized spacial score (nSPS) is 10.1. The van der Waals surface area contributed by atoms with E-state index in [0.717, 1.165) is 23.9 Å². The van der Waals surface area contributed by atoms with Crippen LogP contribution in [-0.2, 0) is 6.42 Å². The van der Waals surface area contributed by atoms with Gasteiger partial charge in [-0.05, 0) is 30.5 Å². The maximum absolute atomic E-state index is 11.4. The Morgan fingerprint density at radius 3 is 2.44 bits per heavy atom. The molecule has 0 atom stereocenters. The molecular weight excluding hydrogens is 292 g/mol. The third-order valence-corrected chi connectivity index (χ3v) is 3.21. The van der Waals surface area contributed by atoms with E-state index >= 15 is 0 Å². The van der Waals surface area contributed by atoms with Gasteiger partial charge in [0.25, 0.3) is 0 Å². The van der Waals surface area contributed by atoms with Crippen molar-refractivity contribution in [2.45, 2.75) is 32.6 Å². The molecule has 0 radical (unpaired) electrons. The number of urea groups is 1. The predicted molar refractivity (Wildman–Crippen MR) is 78.8 cm³/mol. The molecule has 0 aromatic heterocycles. The van der Waals surface area contributed by atoms with Crippen molar-refractivity contribution >= 4 is 22.0 Å². The standard InChI is InChI=1S/C14H21BrN2O/c1-2-3-4-10-16-14(18)17-11-9-12-5-7-13(15)8-6-12/h5-8H,2-4,9-11H2,1H3,(H2,16,17,18). The zero-order valence-corrected chi connectivity index (χ0v) is 12.4. The Labute approximate surface area is 117 Å². The van der Waals surface area contributed by atoms with E-state index in [1.54, 1.807) is 0 Å². The highest BCUT2D eigenvalue weighted by Crippen LogP contribution is 2.10. The number of amides is 2. The van der Waals surface area contributed by atoms with Crippen molar-refractivity contribution in [3.05, 3.63) is 34.3 Å². The molecule has 0 aliphatic carbocycles. The molecule has 1 rings (SSSR count). The lowest BCUT2D eigenvalue weighted by Gasteiger charge is -2.07. The number of carbonyl (C=O) groups excluding carboxylic acids is 1. The van der Waals surface area contributed by atoms with Gasteiger partial charge in [-0.3, -0.25) is 0 Å². The molecule has 18 heavy (non-hydrogen) atoms. The molecule has 0 fully saturated rings. The zero-order chi connectivity index (χ0) is 13.2. The highest BCUT2D eigenvalue weighted by molar-refractivity contribution is 9.10. The van der Waals surface area contributed by atoms with E-state index < -0.39 is 0 Å². The van der Waals surface area contributed by atoms with Crippen LogP contribution in [0.1, 0.15) is 31.7 Å². The molecule has 1 aromatic carbocycles. The average molecular weight is 313 g/mol. The number of nitrogens with one attached hydrogen (secondary N) is 2. The fraction of sp³-hybridized carbons (Fsp3) is 0.500. The van der Waals surface area contributed by atoms with Crippen LogP contribution in [0.2, 0.25) is 0 Å². The number of carbonyl (C=O) groups is 1. The molecule has 0 saturated carbocycles. The van der Waals surface area contributed by atoms with Crippen LogP contribution >= 0.6 is 15.9 Å². The Kier molecular flexibility index (Phi) is 7.49. The summed E-state index contributed by atoms with van der Waals surface area (Å²) in [6, 6.07) is 8.08. The van der Waals surface area contributed by atoms with Crippen molar-refractivity contribution in [3.63, 3.8) is 0 Å². The fourth-order valence-electron chi connectivity index (χ4n) is 1.61. The second-order valence-corrected chi connectivity index (χ2v) is 5.18. The monoisotopic (exact) mass is 312 g/mol. The first-order valence-electron chi connectivity index (χ1n) is 6.48. The smallest absolute Gasteiger partial charge is 0.314 e. The van der Waals surface area contributed by atoms with Gasteiger partial charge in [0, 0.05) is 17.6 Å². The van der Waals surface area contributed by atoms with E-state index in [2.05, 4.69) is 45.6 Å². The molecule has 0 unspecified atom stereocenters. The number of halogens is 1. The summed E-state index contributed by atoms with van der Waals surface area (Å²) in [6.07, 6.45) is 4.25. The first kappa shape index (κ1) is 15.0. The van der Waals surface area contributed by atoms with E-state index in [1.165, 1.54) is 18.4 Å². The molecule has 0 saturated heterocycles. The number of rotatable bonds is 7. The molecule has 2 amide bonds. The van der Waals surface area contributed by atoms with E-state index in [4.69, 9.17) is 0 Å². The largest absolute Gasteiger partial charge is 0.338 e. The van der Waals surface area contributed by atoms with Crippen LogP contribution in [-0.4, -0.2) is 19.1 Å². The number of hydrogen-bond donors (Lipinski definition) is 2. The van der Waals surface area contributed by atoms with Gasteiger partial charge in [0.2, 0.25) is 0 Å². The van der Waals surface area contributed by atoms with Gasteiger partial charge >= 0.3 is 6.03 Å². The molecule has 100 valence electrons. The SMILES string of the molecule is CCCCCNC(=O)NCCc1ccc(Br)cc1. The summed E-state index contributed by atoms with van der Waals surface area (Å²) in [6.45, 7) is 3.58. The molecule has 0 aliphatic heterocycles. The minimum Gasteiger partial charge on any atom is -0.338 e. The van der Waals surface area contributed by atoms with Gasteiger partial charge in [-0.2, -0.15) is 0 Å². The minimum absolute atomic E-state index is 0.0665. The molecule has 0 heterocycles. The Hall–Kier alpha value is -1.03. The second kappa shape index (κ2) is 8.97. The van der Waals surface area contributed by atoms with Gasteiger partial charge in [0.05, 0.1) is 0 Å². The Morgan fingerprint density at radius 1 is 1.11 bits per heavy atom. The first-order chi connectivity index (χ1) is 8.72. The zero-order valence-electron chi connectivity index (χ0n) is 10.8. The summed E-state index contributed by atoms with van der Waals surface area (Å²) in [5.41, 5.74) is 1.23. The summed E-state index contributed by atoms with van der Waals surface area (Å²) in [5, 5.41) is 5.72. The summed E-state index contributed by atoms with van der Waals surface area (Å²) < 4.78 is 1.08. The van der Waals surface area contributed by atoms with Gasteiger partial charge in [-0.15, -0.1) is 0 Å². The van der Waals surface area contributed by atoms with Crippen molar-refractivity contribution in [1.29, 1.82) is 0 Å². The van der Waals surface area contributed by atoms with E-state index in [1.807, 2.05) is 12.1 Å². The third kappa shape index (κ3) is 6.64. The lowest BCUT2D eigenvalue weighted by Crippen LogP contribution is -2.37. The molecule has 0 spiro atoms. The van der Waals surface area contributed by atoms with E-state index in [0.29, 0.717) is 6.54 Å². The molecule has 0 bridgehead atoms. The first-order valence-corrected chi connectivity index (χ1v) is 7.28. The van der Waals surface area contributed by atoms with Gasteiger partial charge < -0.3 is 10.6 Å². The number of unbranched alkanes of at least 4 members (excludes halogenated alkanes) is 2. The van der Waals surface area contributed by atoms with Crippen LogP contribution in [0.15, 0.2) is 28.7 Å². The topological polar surface area (TPSA) is 41.1 Å². The minimum atomic E-state index is -0.0665. The molecule has 2 N–H and O–H groups in total. The average Bonchev–Trinajstić information content (AvgIpc) is 2.37. The predicted octanol–water partition coefficient (Wildman–Crippen LogP) is 3.48. The van der Waals surface area contributed by atoms with Gasteiger partial charge in [-0.1, -0.05) is 47.8 Å². The summed E-state index contributed by atoms with van der Waals surface area (Å²) in [7, 11) is 0. The van der Waals surface area contributed by atoms with Crippen molar-refractivity contribution in [2.75, 3.05) is 13.1 Å². The van der Waals surface area contributed by atoms with Crippen molar-refractivity contribution in [1.82, 2.24) is 10.6 Å².